The first-order valence-electron chi connectivity index (χ1n) is 10.2. The molecule has 1 aliphatic heterocycles. The van der Waals surface area contributed by atoms with E-state index in [1.54, 1.807) is 10.7 Å². The number of carbonyl (C=O) groups excluding carboxylic acids is 1. The van der Waals surface area contributed by atoms with Crippen molar-refractivity contribution in [3.05, 3.63) is 113 Å². The Labute approximate surface area is 196 Å². The fraction of sp³-hybridized carbons (Fsp3) is 0.0800. The summed E-state index contributed by atoms with van der Waals surface area (Å²) in [6.07, 6.45) is 2.07. The van der Waals surface area contributed by atoms with Gasteiger partial charge in [-0.25, -0.2) is 9.07 Å². The molecule has 166 valence electrons. The summed E-state index contributed by atoms with van der Waals surface area (Å²) in [5.74, 6) is -0.617. The van der Waals surface area contributed by atoms with E-state index < -0.39 is 11.7 Å². The molecule has 5 rings (SSSR count). The number of nitrogens with one attached hydrogen (secondary N) is 2. The maximum atomic E-state index is 14.0. The quantitative estimate of drug-likeness (QED) is 0.423. The molecule has 0 radical (unpaired) electrons. The molecule has 6 nitrogen and oxygen atoms in total. The summed E-state index contributed by atoms with van der Waals surface area (Å²) in [5.41, 5.74) is 4.03. The van der Waals surface area contributed by atoms with Crippen molar-refractivity contribution in [3.8, 4) is 0 Å². The molecule has 0 bridgehead atoms. The topological polar surface area (TPSA) is 71.8 Å². The van der Waals surface area contributed by atoms with Gasteiger partial charge in [0.05, 0.1) is 5.56 Å². The molecule has 2 N–H and O–H groups in total. The van der Waals surface area contributed by atoms with Crippen molar-refractivity contribution in [1.29, 1.82) is 0 Å². The van der Waals surface area contributed by atoms with Gasteiger partial charge in [0.15, 0.2) is 0 Å². The van der Waals surface area contributed by atoms with Crippen LogP contribution in [0.3, 0.4) is 0 Å². The van der Waals surface area contributed by atoms with Gasteiger partial charge in [-0.15, -0.1) is 17.5 Å². The van der Waals surface area contributed by atoms with Gasteiger partial charge in [-0.1, -0.05) is 72.3 Å². The second-order valence-electron chi connectivity index (χ2n) is 7.56. The zero-order chi connectivity index (χ0) is 22.1. The molecule has 1 aromatic heterocycles. The smallest absolute Gasteiger partial charge is 0.261 e. The first-order chi connectivity index (χ1) is 15.6. The van der Waals surface area contributed by atoms with Crippen LogP contribution in [0.25, 0.3) is 5.70 Å². The summed E-state index contributed by atoms with van der Waals surface area (Å²) in [5, 5.41) is 10.4. The van der Waals surface area contributed by atoms with Crippen LogP contribution in [0.5, 0.6) is 0 Å². The molecule has 2 heterocycles. The van der Waals surface area contributed by atoms with Gasteiger partial charge in [-0.3, -0.25) is 10.1 Å². The summed E-state index contributed by atoms with van der Waals surface area (Å²) in [7, 11) is 0. The van der Waals surface area contributed by atoms with Gasteiger partial charge in [0.2, 0.25) is 5.95 Å². The van der Waals surface area contributed by atoms with E-state index in [9.17, 15) is 9.18 Å². The molecule has 1 atom stereocenters. The Kier molecular flexibility index (Phi) is 6.24. The van der Waals surface area contributed by atoms with Gasteiger partial charge in [-0.2, -0.15) is 4.98 Å². The molecule has 8 heteroatoms. The Balaban J connectivity index is 0.00000259. The third-order valence-electron chi connectivity index (χ3n) is 5.31. The highest BCUT2D eigenvalue weighted by Crippen LogP contribution is 2.33. The number of fused-ring (bicyclic) bond motifs is 1. The van der Waals surface area contributed by atoms with E-state index >= 15 is 0 Å². The number of allylic oxidation sites excluding steroid dienone is 1. The summed E-state index contributed by atoms with van der Waals surface area (Å²) < 4.78 is 15.7. The van der Waals surface area contributed by atoms with Crippen LogP contribution in [0.15, 0.2) is 84.9 Å². The van der Waals surface area contributed by atoms with Gasteiger partial charge in [0, 0.05) is 5.70 Å². The lowest BCUT2D eigenvalue weighted by Gasteiger charge is -2.24. The number of anilines is 2. The number of hydrogen-bond donors (Lipinski definition) is 2. The average Bonchev–Trinajstić information content (AvgIpc) is 3.22. The highest BCUT2D eigenvalue weighted by molar-refractivity contribution is 6.03. The SMILES string of the molecule is Cc1ccc(C2C=C(c3ccccc3)Nc3nc(NC(=O)c4ccccc4F)nn32)cc1.Cl. The lowest BCUT2D eigenvalue weighted by atomic mass is 10.0. The van der Waals surface area contributed by atoms with E-state index in [-0.39, 0.29) is 30.0 Å². The van der Waals surface area contributed by atoms with Crippen molar-refractivity contribution >= 4 is 35.9 Å². The fourth-order valence-electron chi connectivity index (χ4n) is 3.65. The Morgan fingerprint density at radius 1 is 1.00 bits per heavy atom. The summed E-state index contributed by atoms with van der Waals surface area (Å²) in [6, 6.07) is 23.7. The van der Waals surface area contributed by atoms with Crippen LogP contribution in [-0.4, -0.2) is 20.7 Å². The van der Waals surface area contributed by atoms with Crippen molar-refractivity contribution < 1.29 is 9.18 Å². The van der Waals surface area contributed by atoms with Gasteiger partial charge < -0.3 is 5.32 Å². The zero-order valence-corrected chi connectivity index (χ0v) is 18.5. The third-order valence-corrected chi connectivity index (χ3v) is 5.31. The lowest BCUT2D eigenvalue weighted by Crippen LogP contribution is -2.20. The molecule has 0 saturated carbocycles. The first-order valence-corrected chi connectivity index (χ1v) is 10.2. The van der Waals surface area contributed by atoms with Crippen LogP contribution in [-0.2, 0) is 0 Å². The minimum atomic E-state index is -0.603. The normalized spacial score (nSPS) is 14.4. The van der Waals surface area contributed by atoms with Crippen molar-refractivity contribution in [1.82, 2.24) is 14.8 Å². The Hall–Kier alpha value is -3.97. The summed E-state index contributed by atoms with van der Waals surface area (Å²) in [4.78, 5) is 17.0. The van der Waals surface area contributed by atoms with Crippen LogP contribution in [0.1, 0.15) is 33.1 Å². The predicted molar refractivity (Wildman–Crippen MR) is 129 cm³/mol. The second kappa shape index (κ2) is 9.26. The molecule has 0 fully saturated rings. The van der Waals surface area contributed by atoms with Crippen LogP contribution in [0.4, 0.5) is 16.3 Å². The molecule has 0 saturated heterocycles. The van der Waals surface area contributed by atoms with Crippen molar-refractivity contribution in [2.45, 2.75) is 13.0 Å². The van der Waals surface area contributed by atoms with Gasteiger partial charge in [-0.05, 0) is 36.3 Å². The van der Waals surface area contributed by atoms with Crippen LogP contribution in [0.2, 0.25) is 0 Å². The van der Waals surface area contributed by atoms with Crippen LogP contribution >= 0.6 is 12.4 Å². The molecule has 4 aromatic rings. The molecule has 1 unspecified atom stereocenters. The number of amides is 1. The van der Waals surface area contributed by atoms with E-state index in [1.807, 2.05) is 61.5 Å². The Bertz CT molecular complexity index is 1320. The zero-order valence-electron chi connectivity index (χ0n) is 17.7. The molecule has 1 aliphatic rings. The minimum Gasteiger partial charge on any atom is -0.324 e. The van der Waals surface area contributed by atoms with Crippen LogP contribution in [0, 0.1) is 12.7 Å². The van der Waals surface area contributed by atoms with E-state index in [2.05, 4.69) is 26.8 Å². The Morgan fingerprint density at radius 2 is 1.70 bits per heavy atom. The monoisotopic (exact) mass is 461 g/mol. The number of benzene rings is 3. The summed E-state index contributed by atoms with van der Waals surface area (Å²) >= 11 is 0. The number of nitrogens with zero attached hydrogens (tertiary/aromatic N) is 3. The standard InChI is InChI=1S/C25H20FN5O.ClH/c1-16-11-13-18(14-12-16)22-15-21(17-7-3-2-4-8-17)27-25-29-24(30-31(22)25)28-23(32)19-9-5-6-10-20(19)26;/h2-15,22H,1H3,(H2,27,28,29,30,32);1H. The van der Waals surface area contributed by atoms with Crippen molar-refractivity contribution in [2.75, 3.05) is 10.6 Å². The van der Waals surface area contributed by atoms with E-state index in [0.29, 0.717) is 5.95 Å². The second-order valence-corrected chi connectivity index (χ2v) is 7.56. The van der Waals surface area contributed by atoms with Crippen molar-refractivity contribution in [2.24, 2.45) is 0 Å². The maximum Gasteiger partial charge on any atom is 0.261 e. The minimum absolute atomic E-state index is 0. The molecule has 33 heavy (non-hydrogen) atoms. The highest BCUT2D eigenvalue weighted by atomic mass is 35.5. The van der Waals surface area contributed by atoms with E-state index in [0.717, 1.165) is 22.4 Å². The summed E-state index contributed by atoms with van der Waals surface area (Å²) in [6.45, 7) is 2.04. The van der Waals surface area contributed by atoms with Gasteiger partial charge in [0.25, 0.3) is 11.9 Å². The molecule has 3 aromatic carbocycles. The van der Waals surface area contributed by atoms with Crippen molar-refractivity contribution in [3.63, 3.8) is 0 Å². The van der Waals surface area contributed by atoms with E-state index in [1.165, 1.54) is 18.2 Å². The lowest BCUT2D eigenvalue weighted by molar-refractivity contribution is 0.102. The molecular weight excluding hydrogens is 441 g/mol. The predicted octanol–water partition coefficient (Wildman–Crippen LogP) is 5.46. The molecule has 1 amide bonds. The maximum absolute atomic E-state index is 14.0. The van der Waals surface area contributed by atoms with Gasteiger partial charge in [0.1, 0.15) is 11.9 Å². The van der Waals surface area contributed by atoms with Gasteiger partial charge >= 0.3 is 0 Å². The molecule has 0 spiro atoms. The molecule has 0 aliphatic carbocycles. The molecular formula is C25H21ClFN5O. The number of aromatic nitrogens is 3. The Morgan fingerprint density at radius 3 is 2.42 bits per heavy atom. The highest BCUT2D eigenvalue weighted by Gasteiger charge is 2.26. The third kappa shape index (κ3) is 4.49. The number of aryl methyl sites for hydroxylation is 1. The fourth-order valence-corrected chi connectivity index (χ4v) is 3.65. The first kappa shape index (κ1) is 22.2. The van der Waals surface area contributed by atoms with Crippen LogP contribution < -0.4 is 10.6 Å². The number of carbonyl (C=O) groups is 1. The number of halogens is 2. The van der Waals surface area contributed by atoms with E-state index in [4.69, 9.17) is 0 Å². The number of hydrogen-bond acceptors (Lipinski definition) is 4. The number of rotatable bonds is 4. The average molecular weight is 462 g/mol. The largest absolute Gasteiger partial charge is 0.324 e.